The van der Waals surface area contributed by atoms with Crippen LogP contribution in [0.25, 0.3) is 0 Å². The minimum Gasteiger partial charge on any atom is -0.272 e. The van der Waals surface area contributed by atoms with Gasteiger partial charge in [-0.1, -0.05) is 64.7 Å². The summed E-state index contributed by atoms with van der Waals surface area (Å²) in [4.78, 5) is 12.9. The van der Waals surface area contributed by atoms with Crippen LogP contribution >= 0.6 is 57.8 Å². The number of aromatic nitrogens is 2. The zero-order valence-corrected chi connectivity index (χ0v) is 18.2. The van der Waals surface area contributed by atoms with E-state index in [9.17, 15) is 4.79 Å². The Morgan fingerprint density at radius 3 is 2.78 bits per heavy atom. The maximum Gasteiger partial charge on any atom is 0.250 e. The Morgan fingerprint density at radius 2 is 2.04 bits per heavy atom. The number of hydrogen-bond acceptors (Lipinski definition) is 8. The summed E-state index contributed by atoms with van der Waals surface area (Å²) in [6.07, 6.45) is 1.66. The van der Waals surface area contributed by atoms with Gasteiger partial charge in [-0.05, 0) is 35.6 Å². The van der Waals surface area contributed by atoms with Crippen molar-refractivity contribution in [3.8, 4) is 0 Å². The molecule has 0 unspecified atom stereocenters. The van der Waals surface area contributed by atoms with Crippen molar-refractivity contribution in [2.45, 2.75) is 21.4 Å². The van der Waals surface area contributed by atoms with Crippen molar-refractivity contribution in [2.24, 2.45) is 5.10 Å². The highest BCUT2D eigenvalue weighted by Gasteiger charge is 2.09. The summed E-state index contributed by atoms with van der Waals surface area (Å²) in [5.74, 6) is 0.798. The van der Waals surface area contributed by atoms with E-state index < -0.39 is 0 Å². The molecule has 0 radical (unpaired) electrons. The number of hydrogen-bond donors (Lipinski definition) is 1. The van der Waals surface area contributed by atoms with Crippen molar-refractivity contribution >= 4 is 69.9 Å². The number of carbonyl (C=O) groups is 1. The number of thioether (sulfide) groups is 2. The summed E-state index contributed by atoms with van der Waals surface area (Å²) in [5.41, 5.74) is 4.73. The summed E-state index contributed by atoms with van der Waals surface area (Å²) in [6, 6.07) is 9.76. The van der Waals surface area contributed by atoms with E-state index >= 15 is 0 Å². The van der Waals surface area contributed by atoms with E-state index in [1.54, 1.807) is 29.3 Å². The molecule has 0 aliphatic heterocycles. The van der Waals surface area contributed by atoms with Gasteiger partial charge in [0.2, 0.25) is 0 Å². The van der Waals surface area contributed by atoms with Gasteiger partial charge >= 0.3 is 0 Å². The highest BCUT2D eigenvalue weighted by atomic mass is 35.5. The molecule has 0 bridgehead atoms. The zero-order valence-electron chi connectivity index (χ0n) is 14.2. The fourth-order valence-electron chi connectivity index (χ4n) is 1.91. The van der Waals surface area contributed by atoms with Crippen LogP contribution < -0.4 is 5.43 Å². The van der Waals surface area contributed by atoms with Crippen LogP contribution in [-0.2, 0) is 10.5 Å². The summed E-state index contributed by atoms with van der Waals surface area (Å²) in [6.45, 7) is 2.01. The highest BCUT2D eigenvalue weighted by Crippen LogP contribution is 2.32. The number of hydrazone groups is 1. The molecule has 1 aromatic carbocycles. The number of thiophene rings is 1. The maximum atomic E-state index is 11.9. The lowest BCUT2D eigenvalue weighted by molar-refractivity contribution is -0.118. The summed E-state index contributed by atoms with van der Waals surface area (Å²) in [7, 11) is 0. The van der Waals surface area contributed by atoms with Crippen LogP contribution in [0.5, 0.6) is 0 Å². The predicted octanol–water partition coefficient (Wildman–Crippen LogP) is 5.10. The molecule has 3 aromatic rings. The molecule has 2 heterocycles. The molecular formula is C17H15ClN4OS4. The normalized spacial score (nSPS) is 11.2. The Bertz CT molecular complexity index is 940. The van der Waals surface area contributed by atoms with Crippen molar-refractivity contribution in [2.75, 3.05) is 5.75 Å². The number of carbonyl (C=O) groups excluding carboxylic acids is 1. The monoisotopic (exact) mass is 454 g/mol. The van der Waals surface area contributed by atoms with E-state index in [0.717, 1.165) is 35.5 Å². The van der Waals surface area contributed by atoms with Gasteiger partial charge in [0.25, 0.3) is 5.91 Å². The van der Waals surface area contributed by atoms with E-state index in [4.69, 9.17) is 11.6 Å². The van der Waals surface area contributed by atoms with Crippen LogP contribution in [0.1, 0.15) is 16.0 Å². The van der Waals surface area contributed by atoms with Gasteiger partial charge in [0.05, 0.1) is 12.0 Å². The molecule has 1 amide bonds. The first kappa shape index (κ1) is 20.3. The molecule has 0 fully saturated rings. The number of benzene rings is 1. The van der Waals surface area contributed by atoms with Gasteiger partial charge in [0.1, 0.15) is 0 Å². The Labute approximate surface area is 178 Å². The third kappa shape index (κ3) is 6.32. The maximum absolute atomic E-state index is 11.9. The van der Waals surface area contributed by atoms with Gasteiger partial charge in [0.15, 0.2) is 8.68 Å². The summed E-state index contributed by atoms with van der Waals surface area (Å²) >= 11 is 12.1. The fourth-order valence-corrected chi connectivity index (χ4v) is 5.79. The van der Waals surface area contributed by atoms with Crippen molar-refractivity contribution in [3.63, 3.8) is 0 Å². The van der Waals surface area contributed by atoms with Gasteiger partial charge < -0.3 is 0 Å². The van der Waals surface area contributed by atoms with E-state index in [0.29, 0.717) is 0 Å². The number of nitrogens with one attached hydrogen (secondary N) is 1. The fraction of sp³-hybridized carbons (Fsp3) is 0.176. The van der Waals surface area contributed by atoms with E-state index in [-0.39, 0.29) is 11.7 Å². The first-order valence-electron chi connectivity index (χ1n) is 7.80. The Kier molecular flexibility index (Phi) is 7.71. The molecule has 0 spiro atoms. The lowest BCUT2D eigenvalue weighted by atomic mass is 10.2. The average Bonchev–Trinajstić information content (AvgIpc) is 3.28. The summed E-state index contributed by atoms with van der Waals surface area (Å²) in [5, 5.41) is 15.0. The van der Waals surface area contributed by atoms with Crippen molar-refractivity contribution in [1.82, 2.24) is 15.6 Å². The standard InChI is InChI=1S/C17H15ClN4OS4/c1-11-6-7-24-14(11)8-19-20-15(23)10-26-17-22-21-16(27-17)25-9-12-4-2-3-5-13(12)18/h2-8H,9-10H2,1H3,(H,20,23). The molecule has 0 saturated heterocycles. The van der Waals surface area contributed by atoms with Gasteiger partial charge in [-0.2, -0.15) is 5.10 Å². The minimum atomic E-state index is -0.175. The molecule has 0 aliphatic rings. The second kappa shape index (κ2) is 10.2. The van der Waals surface area contributed by atoms with Gasteiger partial charge in [-0.15, -0.1) is 21.5 Å². The number of rotatable bonds is 8. The van der Waals surface area contributed by atoms with Crippen LogP contribution in [0, 0.1) is 6.92 Å². The molecular weight excluding hydrogens is 440 g/mol. The predicted molar refractivity (Wildman–Crippen MR) is 116 cm³/mol. The second-order valence-electron chi connectivity index (χ2n) is 5.26. The Hall–Kier alpha value is -1.39. The number of nitrogens with zero attached hydrogens (tertiary/aromatic N) is 3. The Balaban J connectivity index is 1.42. The minimum absolute atomic E-state index is 0.175. The van der Waals surface area contributed by atoms with Gasteiger partial charge in [-0.25, -0.2) is 5.43 Å². The SMILES string of the molecule is Cc1ccsc1C=NNC(=O)CSc1nnc(SCc2ccccc2Cl)s1. The molecule has 0 saturated carbocycles. The molecule has 3 rings (SSSR count). The average molecular weight is 455 g/mol. The van der Waals surface area contributed by atoms with Crippen LogP contribution in [0.4, 0.5) is 0 Å². The molecule has 10 heteroatoms. The molecule has 2 aromatic heterocycles. The molecule has 140 valence electrons. The first-order valence-corrected chi connectivity index (χ1v) is 11.8. The molecule has 5 nitrogen and oxygen atoms in total. The van der Waals surface area contributed by atoms with E-state index in [1.807, 2.05) is 42.6 Å². The molecule has 0 atom stereocenters. The van der Waals surface area contributed by atoms with E-state index in [2.05, 4.69) is 20.7 Å². The van der Waals surface area contributed by atoms with E-state index in [1.165, 1.54) is 23.1 Å². The topological polar surface area (TPSA) is 67.2 Å². The summed E-state index contributed by atoms with van der Waals surface area (Å²) < 4.78 is 1.61. The van der Waals surface area contributed by atoms with Crippen molar-refractivity contribution in [3.05, 3.63) is 56.7 Å². The quantitative estimate of drug-likeness (QED) is 0.291. The lowest BCUT2D eigenvalue weighted by Crippen LogP contribution is -2.19. The second-order valence-corrected chi connectivity index (χ2v) is 10.0. The molecule has 0 aliphatic carbocycles. The van der Waals surface area contributed by atoms with Crippen molar-refractivity contribution < 1.29 is 4.79 Å². The van der Waals surface area contributed by atoms with Crippen LogP contribution in [0.2, 0.25) is 5.02 Å². The zero-order chi connectivity index (χ0) is 19.1. The van der Waals surface area contributed by atoms with Gasteiger partial charge in [-0.3, -0.25) is 4.79 Å². The van der Waals surface area contributed by atoms with Crippen LogP contribution in [0.3, 0.4) is 0 Å². The number of aryl methyl sites for hydroxylation is 1. The number of amides is 1. The third-order valence-corrected chi connectivity index (χ3v) is 7.86. The number of halogens is 1. The Morgan fingerprint density at radius 1 is 1.26 bits per heavy atom. The highest BCUT2D eigenvalue weighted by molar-refractivity contribution is 8.03. The van der Waals surface area contributed by atoms with Crippen LogP contribution in [0.15, 0.2) is 49.5 Å². The van der Waals surface area contributed by atoms with Crippen LogP contribution in [-0.4, -0.2) is 28.1 Å². The molecule has 1 N–H and O–H groups in total. The smallest absolute Gasteiger partial charge is 0.250 e. The van der Waals surface area contributed by atoms with Gasteiger partial charge in [0, 0.05) is 15.7 Å². The molecule has 27 heavy (non-hydrogen) atoms. The third-order valence-electron chi connectivity index (χ3n) is 3.30. The van der Waals surface area contributed by atoms with Crippen molar-refractivity contribution in [1.29, 1.82) is 0 Å². The lowest BCUT2D eigenvalue weighted by Gasteiger charge is -2.00. The largest absolute Gasteiger partial charge is 0.272 e. The first-order chi connectivity index (χ1) is 13.1.